The molecule has 1 atom stereocenters. The zero-order chi connectivity index (χ0) is 21.3. The lowest BCUT2D eigenvalue weighted by molar-refractivity contribution is -0.132. The van der Waals surface area contributed by atoms with Crippen molar-refractivity contribution in [3.05, 3.63) is 107 Å². The maximum absolute atomic E-state index is 13.3. The third-order valence-electron chi connectivity index (χ3n) is 5.15. The molecule has 0 spiro atoms. The monoisotopic (exact) mass is 400 g/mol. The summed E-state index contributed by atoms with van der Waals surface area (Å²) < 4.78 is 0. The van der Waals surface area contributed by atoms with E-state index in [1.807, 2.05) is 48.5 Å². The first-order chi connectivity index (χ1) is 14.6. The molecule has 3 aromatic carbocycles. The minimum absolute atomic E-state index is 0.109. The van der Waals surface area contributed by atoms with Crippen molar-refractivity contribution in [1.29, 1.82) is 0 Å². The van der Waals surface area contributed by atoms with E-state index in [-0.39, 0.29) is 11.8 Å². The van der Waals surface area contributed by atoms with Gasteiger partial charge in [-0.25, -0.2) is 0 Å². The minimum atomic E-state index is -0.639. The third-order valence-corrected chi connectivity index (χ3v) is 5.15. The normalized spacial score (nSPS) is 11.5. The second kappa shape index (κ2) is 10.4. The largest absolute Gasteiger partial charge is 0.340 e. The van der Waals surface area contributed by atoms with E-state index in [2.05, 4.69) is 36.5 Å². The van der Waals surface area contributed by atoms with Crippen molar-refractivity contribution >= 4 is 11.8 Å². The summed E-state index contributed by atoms with van der Waals surface area (Å²) in [6.45, 7) is 2.61. The van der Waals surface area contributed by atoms with Crippen molar-refractivity contribution in [1.82, 2.24) is 10.2 Å². The van der Waals surface area contributed by atoms with E-state index in [1.54, 1.807) is 24.1 Å². The van der Waals surface area contributed by atoms with E-state index in [9.17, 15) is 9.59 Å². The lowest BCUT2D eigenvalue weighted by atomic mass is 10.0. The van der Waals surface area contributed by atoms with Crippen LogP contribution in [0, 0.1) is 0 Å². The number of amides is 2. The molecule has 4 nitrogen and oxygen atoms in total. The van der Waals surface area contributed by atoms with Crippen molar-refractivity contribution in [2.24, 2.45) is 0 Å². The number of rotatable bonds is 8. The fraction of sp³-hybridized carbons (Fsp3) is 0.231. The summed E-state index contributed by atoms with van der Waals surface area (Å²) >= 11 is 0. The van der Waals surface area contributed by atoms with Crippen LogP contribution >= 0.6 is 0 Å². The molecule has 0 fully saturated rings. The number of carbonyl (C=O) groups is 2. The second-order valence-corrected chi connectivity index (χ2v) is 7.45. The van der Waals surface area contributed by atoms with Crippen LogP contribution in [0.2, 0.25) is 0 Å². The smallest absolute Gasteiger partial charge is 0.251 e. The van der Waals surface area contributed by atoms with Crippen LogP contribution in [-0.2, 0) is 24.2 Å². The van der Waals surface area contributed by atoms with Gasteiger partial charge in [-0.05, 0) is 35.2 Å². The number of hydrogen-bond acceptors (Lipinski definition) is 2. The maximum Gasteiger partial charge on any atom is 0.251 e. The van der Waals surface area contributed by atoms with Gasteiger partial charge in [-0.15, -0.1) is 0 Å². The molecule has 3 rings (SSSR count). The molecule has 30 heavy (non-hydrogen) atoms. The summed E-state index contributed by atoms with van der Waals surface area (Å²) in [4.78, 5) is 27.7. The molecule has 0 saturated heterocycles. The van der Waals surface area contributed by atoms with E-state index in [0.29, 0.717) is 18.5 Å². The van der Waals surface area contributed by atoms with Gasteiger partial charge in [0.1, 0.15) is 6.04 Å². The molecule has 0 aliphatic heterocycles. The maximum atomic E-state index is 13.3. The quantitative estimate of drug-likeness (QED) is 0.615. The van der Waals surface area contributed by atoms with Gasteiger partial charge in [-0.1, -0.05) is 79.7 Å². The Hall–Kier alpha value is -3.40. The van der Waals surface area contributed by atoms with Crippen molar-refractivity contribution in [2.75, 3.05) is 7.05 Å². The number of likely N-dealkylation sites (N-methyl/N-ethyl adjacent to an activating group) is 1. The van der Waals surface area contributed by atoms with Gasteiger partial charge >= 0.3 is 0 Å². The van der Waals surface area contributed by atoms with Gasteiger partial charge in [0.15, 0.2) is 0 Å². The predicted octanol–water partition coefficient (Wildman–Crippen LogP) is 4.25. The number of nitrogens with zero attached hydrogens (tertiary/aromatic N) is 1. The molecule has 0 saturated carbocycles. The molecule has 3 aromatic rings. The van der Waals surface area contributed by atoms with E-state index in [0.717, 1.165) is 17.5 Å². The van der Waals surface area contributed by atoms with E-state index in [1.165, 1.54) is 5.56 Å². The van der Waals surface area contributed by atoms with Crippen molar-refractivity contribution in [3.8, 4) is 0 Å². The first-order valence-electron chi connectivity index (χ1n) is 10.3. The Morgan fingerprint density at radius 1 is 0.800 bits per heavy atom. The van der Waals surface area contributed by atoms with Gasteiger partial charge in [-0.3, -0.25) is 9.59 Å². The van der Waals surface area contributed by atoms with Crippen LogP contribution < -0.4 is 5.32 Å². The van der Waals surface area contributed by atoms with Crippen LogP contribution in [0.4, 0.5) is 0 Å². The average molecular weight is 401 g/mol. The SMILES string of the molecule is CCc1ccc(CN(C)C(=O)C(Cc2ccccc2)NC(=O)c2ccccc2)cc1. The van der Waals surface area contributed by atoms with Gasteiger partial charge < -0.3 is 10.2 Å². The van der Waals surface area contributed by atoms with E-state index >= 15 is 0 Å². The van der Waals surface area contributed by atoms with Crippen LogP contribution in [0.1, 0.15) is 34.0 Å². The van der Waals surface area contributed by atoms with Crippen LogP contribution in [-0.4, -0.2) is 29.8 Å². The second-order valence-electron chi connectivity index (χ2n) is 7.45. The summed E-state index contributed by atoms with van der Waals surface area (Å²) in [5.74, 6) is -0.353. The lowest BCUT2D eigenvalue weighted by Gasteiger charge is -2.25. The first-order valence-corrected chi connectivity index (χ1v) is 10.3. The van der Waals surface area contributed by atoms with Gasteiger partial charge in [0.05, 0.1) is 0 Å². The number of nitrogens with one attached hydrogen (secondary N) is 1. The standard InChI is InChI=1S/C26H28N2O2/c1-3-20-14-16-22(17-15-20)19-28(2)26(30)24(18-21-10-6-4-7-11-21)27-25(29)23-12-8-5-9-13-23/h4-17,24H,3,18-19H2,1-2H3,(H,27,29). The molecule has 154 valence electrons. The Balaban J connectivity index is 1.75. The number of benzene rings is 3. The molecule has 0 aliphatic rings. The fourth-order valence-electron chi connectivity index (χ4n) is 3.38. The molecule has 4 heteroatoms. The lowest BCUT2D eigenvalue weighted by Crippen LogP contribution is -2.48. The van der Waals surface area contributed by atoms with Crippen molar-refractivity contribution in [3.63, 3.8) is 0 Å². The molecule has 1 N–H and O–H groups in total. The van der Waals surface area contributed by atoms with Crippen molar-refractivity contribution < 1.29 is 9.59 Å². The van der Waals surface area contributed by atoms with Crippen LogP contribution in [0.3, 0.4) is 0 Å². The first kappa shape index (κ1) is 21.3. The summed E-state index contributed by atoms with van der Waals surface area (Å²) in [6.07, 6.45) is 1.43. The summed E-state index contributed by atoms with van der Waals surface area (Å²) in [7, 11) is 1.78. The van der Waals surface area contributed by atoms with Gasteiger partial charge in [0, 0.05) is 25.6 Å². The molecular weight excluding hydrogens is 372 g/mol. The molecule has 2 amide bonds. The molecule has 0 aromatic heterocycles. The highest BCUT2D eigenvalue weighted by molar-refractivity contribution is 5.97. The third kappa shape index (κ3) is 5.80. The van der Waals surface area contributed by atoms with Gasteiger partial charge in [-0.2, -0.15) is 0 Å². The van der Waals surface area contributed by atoms with E-state index < -0.39 is 6.04 Å². The molecular formula is C26H28N2O2. The zero-order valence-corrected chi connectivity index (χ0v) is 17.5. The van der Waals surface area contributed by atoms with Crippen molar-refractivity contribution in [2.45, 2.75) is 32.4 Å². The number of aryl methyl sites for hydroxylation is 1. The predicted molar refractivity (Wildman–Crippen MR) is 120 cm³/mol. The van der Waals surface area contributed by atoms with Crippen LogP contribution in [0.25, 0.3) is 0 Å². The molecule has 0 heterocycles. The summed E-state index contributed by atoms with van der Waals surface area (Å²) in [6, 6.07) is 26.4. The number of carbonyl (C=O) groups excluding carboxylic acids is 2. The Morgan fingerprint density at radius 2 is 1.37 bits per heavy atom. The topological polar surface area (TPSA) is 49.4 Å². The highest BCUT2D eigenvalue weighted by Gasteiger charge is 2.25. The Kier molecular flexibility index (Phi) is 7.39. The zero-order valence-electron chi connectivity index (χ0n) is 17.5. The highest BCUT2D eigenvalue weighted by Crippen LogP contribution is 2.11. The van der Waals surface area contributed by atoms with Crippen LogP contribution in [0.5, 0.6) is 0 Å². The molecule has 0 radical (unpaired) electrons. The Labute approximate surface area is 178 Å². The summed E-state index contributed by atoms with van der Waals surface area (Å²) in [5, 5.41) is 2.94. The van der Waals surface area contributed by atoms with Gasteiger partial charge in [0.25, 0.3) is 5.91 Å². The van der Waals surface area contributed by atoms with Crippen LogP contribution in [0.15, 0.2) is 84.9 Å². The Morgan fingerprint density at radius 3 is 1.97 bits per heavy atom. The highest BCUT2D eigenvalue weighted by atomic mass is 16.2. The molecule has 1 unspecified atom stereocenters. The minimum Gasteiger partial charge on any atom is -0.340 e. The summed E-state index contributed by atoms with van der Waals surface area (Å²) in [5.41, 5.74) is 3.88. The Bertz CT molecular complexity index is 953. The molecule has 0 aliphatic carbocycles. The number of hydrogen-bond donors (Lipinski definition) is 1. The average Bonchev–Trinajstić information content (AvgIpc) is 2.79. The molecule has 0 bridgehead atoms. The van der Waals surface area contributed by atoms with Gasteiger partial charge in [0.2, 0.25) is 5.91 Å². The fourth-order valence-corrected chi connectivity index (χ4v) is 3.38. The van der Waals surface area contributed by atoms with E-state index in [4.69, 9.17) is 0 Å².